The SMILES string of the molecule is Cc1ccnc(C)c1N1CC(C(C)C)NCC1C. The van der Waals surface area contributed by atoms with Gasteiger partial charge >= 0.3 is 0 Å². The maximum absolute atomic E-state index is 4.46. The number of piperazine rings is 1. The molecule has 1 aliphatic heterocycles. The summed E-state index contributed by atoms with van der Waals surface area (Å²) in [7, 11) is 0. The van der Waals surface area contributed by atoms with Crippen LogP contribution in [0.1, 0.15) is 32.0 Å². The first-order valence-electron chi connectivity index (χ1n) is 6.93. The van der Waals surface area contributed by atoms with Crippen LogP contribution in [0, 0.1) is 19.8 Å². The molecule has 1 fully saturated rings. The Morgan fingerprint density at radius 2 is 2.11 bits per heavy atom. The van der Waals surface area contributed by atoms with E-state index in [1.807, 2.05) is 6.20 Å². The summed E-state index contributed by atoms with van der Waals surface area (Å²) in [5.74, 6) is 0.664. The fraction of sp³-hybridized carbons (Fsp3) is 0.667. The largest absolute Gasteiger partial charge is 0.364 e. The van der Waals surface area contributed by atoms with Crippen molar-refractivity contribution >= 4 is 5.69 Å². The number of aryl methyl sites for hydroxylation is 2. The van der Waals surface area contributed by atoms with Crippen LogP contribution in [0.3, 0.4) is 0 Å². The molecule has 1 aromatic rings. The molecule has 100 valence electrons. The number of aromatic nitrogens is 1. The van der Waals surface area contributed by atoms with Gasteiger partial charge in [-0.25, -0.2) is 0 Å². The van der Waals surface area contributed by atoms with Crippen molar-refractivity contribution in [2.45, 2.75) is 46.7 Å². The second kappa shape index (κ2) is 5.27. The lowest BCUT2D eigenvalue weighted by atomic mass is 9.98. The Balaban J connectivity index is 2.30. The van der Waals surface area contributed by atoms with Gasteiger partial charge in [-0.05, 0) is 38.3 Å². The summed E-state index contributed by atoms with van der Waals surface area (Å²) < 4.78 is 0. The summed E-state index contributed by atoms with van der Waals surface area (Å²) in [6.07, 6.45) is 1.90. The lowest BCUT2D eigenvalue weighted by molar-refractivity contribution is 0.336. The van der Waals surface area contributed by atoms with Crippen molar-refractivity contribution in [3.63, 3.8) is 0 Å². The van der Waals surface area contributed by atoms with Gasteiger partial charge in [0.05, 0.1) is 11.4 Å². The Morgan fingerprint density at radius 3 is 2.72 bits per heavy atom. The molecule has 2 atom stereocenters. The molecule has 1 aromatic heterocycles. The molecule has 2 unspecified atom stereocenters. The number of nitrogens with zero attached hydrogens (tertiary/aromatic N) is 2. The fourth-order valence-electron chi connectivity index (χ4n) is 2.77. The van der Waals surface area contributed by atoms with Gasteiger partial charge in [-0.3, -0.25) is 4.98 Å². The summed E-state index contributed by atoms with van der Waals surface area (Å²) in [5.41, 5.74) is 3.81. The van der Waals surface area contributed by atoms with E-state index < -0.39 is 0 Å². The highest BCUT2D eigenvalue weighted by Crippen LogP contribution is 2.27. The number of hydrogen-bond acceptors (Lipinski definition) is 3. The first-order chi connectivity index (χ1) is 8.50. The van der Waals surface area contributed by atoms with Crippen LogP contribution in [0.15, 0.2) is 12.3 Å². The topological polar surface area (TPSA) is 28.2 Å². The van der Waals surface area contributed by atoms with E-state index in [1.54, 1.807) is 0 Å². The second-order valence-electron chi connectivity index (χ2n) is 5.82. The standard InChI is InChI=1S/C15H25N3/c1-10(2)14-9-18(12(4)8-17-14)15-11(3)6-7-16-13(15)5/h6-7,10,12,14,17H,8-9H2,1-5H3. The molecule has 1 aliphatic rings. The maximum atomic E-state index is 4.46. The zero-order valence-electron chi connectivity index (χ0n) is 12.2. The lowest BCUT2D eigenvalue weighted by Gasteiger charge is -2.42. The van der Waals surface area contributed by atoms with Crippen LogP contribution >= 0.6 is 0 Å². The van der Waals surface area contributed by atoms with Crippen LogP contribution in [-0.2, 0) is 0 Å². The van der Waals surface area contributed by atoms with E-state index in [2.05, 4.69) is 55.9 Å². The van der Waals surface area contributed by atoms with Gasteiger partial charge in [0.25, 0.3) is 0 Å². The molecule has 3 nitrogen and oxygen atoms in total. The van der Waals surface area contributed by atoms with Crippen LogP contribution in [0.4, 0.5) is 5.69 Å². The normalized spacial score (nSPS) is 24.7. The smallest absolute Gasteiger partial charge is 0.0615 e. The predicted octanol–water partition coefficient (Wildman–Crippen LogP) is 2.52. The van der Waals surface area contributed by atoms with Gasteiger partial charge in [0.15, 0.2) is 0 Å². The number of nitrogens with one attached hydrogen (secondary N) is 1. The van der Waals surface area contributed by atoms with E-state index in [0.717, 1.165) is 18.8 Å². The summed E-state index contributed by atoms with van der Waals surface area (Å²) >= 11 is 0. The van der Waals surface area contributed by atoms with Gasteiger partial charge in [-0.1, -0.05) is 13.8 Å². The number of pyridine rings is 1. The highest BCUT2D eigenvalue weighted by molar-refractivity contribution is 5.57. The molecule has 0 aromatic carbocycles. The maximum Gasteiger partial charge on any atom is 0.0615 e. The Bertz CT molecular complexity index is 394. The van der Waals surface area contributed by atoms with E-state index >= 15 is 0 Å². The third-order valence-electron chi connectivity index (χ3n) is 4.00. The van der Waals surface area contributed by atoms with Crippen molar-refractivity contribution in [3.05, 3.63) is 23.5 Å². The van der Waals surface area contributed by atoms with Crippen LogP contribution < -0.4 is 10.2 Å². The second-order valence-corrected chi connectivity index (χ2v) is 5.82. The van der Waals surface area contributed by atoms with Crippen LogP contribution in [0.25, 0.3) is 0 Å². The van der Waals surface area contributed by atoms with Gasteiger partial charge in [0.1, 0.15) is 0 Å². The summed E-state index contributed by atoms with van der Waals surface area (Å²) in [6, 6.07) is 3.21. The van der Waals surface area contributed by atoms with Crippen molar-refractivity contribution in [1.82, 2.24) is 10.3 Å². The fourth-order valence-corrected chi connectivity index (χ4v) is 2.77. The number of rotatable bonds is 2. The molecule has 18 heavy (non-hydrogen) atoms. The molecular formula is C15H25N3. The Kier molecular flexibility index (Phi) is 3.91. The molecule has 0 amide bonds. The molecule has 1 saturated heterocycles. The van der Waals surface area contributed by atoms with Gasteiger partial charge in [-0.2, -0.15) is 0 Å². The third-order valence-corrected chi connectivity index (χ3v) is 4.00. The minimum Gasteiger partial charge on any atom is -0.364 e. The Labute approximate surface area is 111 Å². The van der Waals surface area contributed by atoms with Gasteiger partial charge in [-0.15, -0.1) is 0 Å². The van der Waals surface area contributed by atoms with E-state index in [0.29, 0.717) is 18.0 Å². The zero-order valence-corrected chi connectivity index (χ0v) is 12.2. The highest BCUT2D eigenvalue weighted by atomic mass is 15.2. The summed E-state index contributed by atoms with van der Waals surface area (Å²) in [6.45, 7) is 13.3. The number of anilines is 1. The van der Waals surface area contributed by atoms with Crippen molar-refractivity contribution in [1.29, 1.82) is 0 Å². The monoisotopic (exact) mass is 247 g/mol. The molecule has 0 saturated carbocycles. The lowest BCUT2D eigenvalue weighted by Crippen LogP contribution is -2.57. The van der Waals surface area contributed by atoms with Crippen LogP contribution in [0.5, 0.6) is 0 Å². The van der Waals surface area contributed by atoms with E-state index in [9.17, 15) is 0 Å². The highest BCUT2D eigenvalue weighted by Gasteiger charge is 2.28. The van der Waals surface area contributed by atoms with Gasteiger partial charge in [0.2, 0.25) is 0 Å². The molecular weight excluding hydrogens is 222 g/mol. The molecule has 0 aliphatic carbocycles. The van der Waals surface area contributed by atoms with Gasteiger partial charge < -0.3 is 10.2 Å². The molecule has 0 radical (unpaired) electrons. The minimum absolute atomic E-state index is 0.529. The van der Waals surface area contributed by atoms with E-state index in [4.69, 9.17) is 0 Å². The Morgan fingerprint density at radius 1 is 1.39 bits per heavy atom. The molecule has 1 N–H and O–H groups in total. The first-order valence-corrected chi connectivity index (χ1v) is 6.93. The van der Waals surface area contributed by atoms with Crippen molar-refractivity contribution in [2.75, 3.05) is 18.0 Å². The van der Waals surface area contributed by atoms with E-state index in [1.165, 1.54) is 11.3 Å². The zero-order chi connectivity index (χ0) is 13.3. The van der Waals surface area contributed by atoms with Crippen molar-refractivity contribution in [2.24, 2.45) is 5.92 Å². The summed E-state index contributed by atoms with van der Waals surface area (Å²) in [4.78, 5) is 6.98. The average Bonchev–Trinajstić information content (AvgIpc) is 2.30. The predicted molar refractivity (Wildman–Crippen MR) is 77.1 cm³/mol. The Hall–Kier alpha value is -1.09. The van der Waals surface area contributed by atoms with E-state index in [-0.39, 0.29) is 0 Å². The molecule has 3 heteroatoms. The summed E-state index contributed by atoms with van der Waals surface area (Å²) in [5, 5.41) is 3.64. The third kappa shape index (κ3) is 2.51. The molecule has 0 bridgehead atoms. The number of hydrogen-bond donors (Lipinski definition) is 1. The molecule has 2 heterocycles. The first kappa shape index (κ1) is 13.3. The van der Waals surface area contributed by atoms with Crippen LogP contribution in [0.2, 0.25) is 0 Å². The van der Waals surface area contributed by atoms with Gasteiger partial charge in [0, 0.05) is 31.4 Å². The average molecular weight is 247 g/mol. The van der Waals surface area contributed by atoms with Crippen molar-refractivity contribution in [3.8, 4) is 0 Å². The molecule has 0 spiro atoms. The minimum atomic E-state index is 0.529. The molecule has 2 rings (SSSR count). The van der Waals surface area contributed by atoms with Crippen molar-refractivity contribution < 1.29 is 0 Å². The quantitative estimate of drug-likeness (QED) is 0.870. The van der Waals surface area contributed by atoms with Crippen LogP contribution in [-0.4, -0.2) is 30.2 Å².